The number of nitro groups is 1. The van der Waals surface area contributed by atoms with Gasteiger partial charge in [-0.1, -0.05) is 36.4 Å². The summed E-state index contributed by atoms with van der Waals surface area (Å²) in [6, 6.07) is 12.3. The molecule has 30 heavy (non-hydrogen) atoms. The van der Waals surface area contributed by atoms with Gasteiger partial charge in [0.15, 0.2) is 0 Å². The van der Waals surface area contributed by atoms with Crippen LogP contribution in [0.5, 0.6) is 5.75 Å². The number of nitrogens with zero attached hydrogens (tertiary/aromatic N) is 2. The molecule has 0 spiro atoms. The first-order chi connectivity index (χ1) is 14.2. The second-order valence-electron chi connectivity index (χ2n) is 6.29. The average Bonchev–Trinajstić information content (AvgIpc) is 2.69. The van der Waals surface area contributed by atoms with Gasteiger partial charge in [0.2, 0.25) is 5.91 Å². The molecule has 0 bridgehead atoms. The van der Waals surface area contributed by atoms with Crippen molar-refractivity contribution in [1.29, 1.82) is 0 Å². The molecule has 0 unspecified atom stereocenters. The number of nitro benzene ring substituents is 1. The molecule has 7 nitrogen and oxygen atoms in total. The molecule has 0 aliphatic rings. The van der Waals surface area contributed by atoms with E-state index in [9.17, 15) is 33.2 Å². The van der Waals surface area contributed by atoms with Crippen LogP contribution in [0.2, 0.25) is 0 Å². The van der Waals surface area contributed by atoms with E-state index in [0.29, 0.717) is 23.1 Å². The molecule has 0 saturated carbocycles. The normalized spacial score (nSPS) is 11.7. The Balaban J connectivity index is 1.77. The average molecular weight is 417 g/mol. The Labute approximate surface area is 167 Å². The number of fused-ring (bicyclic) bond motifs is 1. The Bertz CT molecular complexity index is 1160. The van der Waals surface area contributed by atoms with E-state index in [-0.39, 0.29) is 11.3 Å². The molecule has 0 aromatic heterocycles. The predicted molar refractivity (Wildman–Crippen MR) is 103 cm³/mol. The van der Waals surface area contributed by atoms with Crippen LogP contribution < -0.4 is 5.43 Å². The minimum Gasteiger partial charge on any atom is -0.507 e. The maximum Gasteiger partial charge on any atom is 0.416 e. The summed E-state index contributed by atoms with van der Waals surface area (Å²) in [5.41, 5.74) is 0.339. The van der Waals surface area contributed by atoms with Gasteiger partial charge in [-0.25, -0.2) is 5.43 Å². The molecule has 0 radical (unpaired) electrons. The highest BCUT2D eigenvalue weighted by Gasteiger charge is 2.33. The third-order valence-electron chi connectivity index (χ3n) is 4.29. The van der Waals surface area contributed by atoms with Crippen molar-refractivity contribution < 1.29 is 28.0 Å². The molecule has 0 fully saturated rings. The molecule has 3 aromatic carbocycles. The summed E-state index contributed by atoms with van der Waals surface area (Å²) < 4.78 is 38.3. The number of aromatic hydroxyl groups is 1. The Kier molecular flexibility index (Phi) is 5.67. The lowest BCUT2D eigenvalue weighted by Crippen LogP contribution is -2.20. The van der Waals surface area contributed by atoms with Gasteiger partial charge >= 0.3 is 6.18 Å². The number of hydrogen-bond acceptors (Lipinski definition) is 5. The Morgan fingerprint density at radius 1 is 1.17 bits per heavy atom. The number of carbonyl (C=O) groups excluding carboxylic acids is 1. The van der Waals surface area contributed by atoms with Crippen molar-refractivity contribution in [1.82, 2.24) is 5.43 Å². The summed E-state index contributed by atoms with van der Waals surface area (Å²) in [6.07, 6.45) is -4.07. The van der Waals surface area contributed by atoms with Gasteiger partial charge in [0.1, 0.15) is 5.75 Å². The van der Waals surface area contributed by atoms with Crippen LogP contribution in [0.25, 0.3) is 10.8 Å². The van der Waals surface area contributed by atoms with Crippen LogP contribution in [0.3, 0.4) is 0 Å². The second kappa shape index (κ2) is 8.19. The number of halogens is 3. The number of hydrazone groups is 1. The van der Waals surface area contributed by atoms with E-state index >= 15 is 0 Å². The third-order valence-corrected chi connectivity index (χ3v) is 4.29. The molecule has 0 heterocycles. The van der Waals surface area contributed by atoms with Gasteiger partial charge in [-0.05, 0) is 22.9 Å². The number of alkyl halides is 3. The molecule has 10 heteroatoms. The van der Waals surface area contributed by atoms with E-state index in [0.717, 1.165) is 11.5 Å². The minimum absolute atomic E-state index is 0.0647. The van der Waals surface area contributed by atoms with Crippen molar-refractivity contribution in [2.24, 2.45) is 5.10 Å². The number of carbonyl (C=O) groups is 1. The van der Waals surface area contributed by atoms with Gasteiger partial charge in [-0.3, -0.25) is 14.9 Å². The highest BCUT2D eigenvalue weighted by molar-refractivity contribution is 6.02. The Morgan fingerprint density at radius 2 is 1.90 bits per heavy atom. The van der Waals surface area contributed by atoms with Crippen LogP contribution in [0.4, 0.5) is 18.9 Å². The molecule has 3 rings (SSSR count). The summed E-state index contributed by atoms with van der Waals surface area (Å²) in [5.74, 6) is -0.834. The first kappa shape index (κ1) is 20.8. The van der Waals surface area contributed by atoms with Crippen molar-refractivity contribution >= 4 is 28.6 Å². The zero-order chi connectivity index (χ0) is 21.9. The smallest absolute Gasteiger partial charge is 0.416 e. The standard InChI is InChI=1S/C20H14F3N3O4/c21-20(22,23)14-7-5-13(17(10-14)26(29)30)9-19(28)25-24-11-16-15-4-2-1-3-12(15)6-8-18(16)27/h1-8,10-11,27H,9H2,(H,25,28)/b24-11-. The summed E-state index contributed by atoms with van der Waals surface area (Å²) in [5, 5.41) is 26.4. The van der Waals surface area contributed by atoms with Gasteiger partial charge in [0.05, 0.1) is 23.1 Å². The number of phenolic OH excluding ortho intramolecular Hbond substituents is 1. The largest absolute Gasteiger partial charge is 0.507 e. The van der Waals surface area contributed by atoms with Gasteiger partial charge in [0, 0.05) is 17.2 Å². The Hall–Kier alpha value is -3.95. The number of benzene rings is 3. The maximum atomic E-state index is 12.8. The van der Waals surface area contributed by atoms with Crippen molar-refractivity contribution in [3.05, 3.63) is 81.4 Å². The van der Waals surface area contributed by atoms with E-state index in [1.807, 2.05) is 12.1 Å². The molecule has 0 saturated heterocycles. The summed E-state index contributed by atoms with van der Waals surface area (Å²) >= 11 is 0. The molecule has 1 amide bonds. The predicted octanol–water partition coefficient (Wildman–Crippen LogP) is 4.17. The van der Waals surface area contributed by atoms with Gasteiger partial charge in [-0.2, -0.15) is 18.3 Å². The zero-order valence-corrected chi connectivity index (χ0v) is 15.2. The molecule has 3 aromatic rings. The number of nitrogens with one attached hydrogen (secondary N) is 1. The summed E-state index contributed by atoms with van der Waals surface area (Å²) in [7, 11) is 0. The van der Waals surface area contributed by atoms with Crippen molar-refractivity contribution in [3.8, 4) is 5.75 Å². The van der Waals surface area contributed by atoms with Gasteiger partial charge in [-0.15, -0.1) is 0 Å². The fourth-order valence-electron chi connectivity index (χ4n) is 2.86. The van der Waals surface area contributed by atoms with E-state index in [4.69, 9.17) is 0 Å². The van der Waals surface area contributed by atoms with E-state index in [2.05, 4.69) is 10.5 Å². The van der Waals surface area contributed by atoms with Crippen molar-refractivity contribution in [3.63, 3.8) is 0 Å². The van der Waals surface area contributed by atoms with E-state index < -0.39 is 34.7 Å². The molecule has 0 aliphatic heterocycles. The second-order valence-corrected chi connectivity index (χ2v) is 6.29. The fraction of sp³-hybridized carbons (Fsp3) is 0.100. The quantitative estimate of drug-likeness (QED) is 0.369. The Morgan fingerprint density at radius 3 is 2.60 bits per heavy atom. The third kappa shape index (κ3) is 4.54. The van der Waals surface area contributed by atoms with Crippen molar-refractivity contribution in [2.45, 2.75) is 12.6 Å². The number of phenols is 1. The molecule has 154 valence electrons. The topological polar surface area (TPSA) is 105 Å². The van der Waals surface area contributed by atoms with Crippen LogP contribution in [-0.4, -0.2) is 22.2 Å². The molecular formula is C20H14F3N3O4. The maximum absolute atomic E-state index is 12.8. The van der Waals surface area contributed by atoms with E-state index in [1.165, 1.54) is 12.3 Å². The SMILES string of the molecule is O=C(Cc1ccc(C(F)(F)F)cc1[N+](=O)[O-])N/N=C\c1c(O)ccc2ccccc12. The number of amides is 1. The minimum atomic E-state index is -4.74. The summed E-state index contributed by atoms with van der Waals surface area (Å²) in [4.78, 5) is 22.2. The lowest BCUT2D eigenvalue weighted by molar-refractivity contribution is -0.385. The highest BCUT2D eigenvalue weighted by atomic mass is 19.4. The van der Waals surface area contributed by atoms with Crippen LogP contribution in [-0.2, 0) is 17.4 Å². The first-order valence-electron chi connectivity index (χ1n) is 8.54. The van der Waals surface area contributed by atoms with Crippen LogP contribution in [0, 0.1) is 10.1 Å². The number of hydrogen-bond donors (Lipinski definition) is 2. The zero-order valence-electron chi connectivity index (χ0n) is 15.2. The van der Waals surface area contributed by atoms with Crippen LogP contribution in [0.15, 0.2) is 59.7 Å². The van der Waals surface area contributed by atoms with E-state index in [1.54, 1.807) is 18.2 Å². The molecular weight excluding hydrogens is 403 g/mol. The van der Waals surface area contributed by atoms with Gasteiger partial charge in [0.25, 0.3) is 5.69 Å². The van der Waals surface area contributed by atoms with Crippen LogP contribution in [0.1, 0.15) is 16.7 Å². The van der Waals surface area contributed by atoms with Gasteiger partial charge < -0.3 is 5.11 Å². The molecule has 0 atom stereocenters. The first-order valence-corrected chi connectivity index (χ1v) is 8.54. The monoisotopic (exact) mass is 417 g/mol. The number of rotatable bonds is 5. The summed E-state index contributed by atoms with van der Waals surface area (Å²) in [6.45, 7) is 0. The lowest BCUT2D eigenvalue weighted by atomic mass is 10.0. The van der Waals surface area contributed by atoms with Crippen molar-refractivity contribution in [2.75, 3.05) is 0 Å². The molecule has 2 N–H and O–H groups in total. The van der Waals surface area contributed by atoms with Crippen LogP contribution >= 0.6 is 0 Å². The lowest BCUT2D eigenvalue weighted by Gasteiger charge is -2.08. The highest BCUT2D eigenvalue weighted by Crippen LogP contribution is 2.33. The molecule has 0 aliphatic carbocycles. The fourth-order valence-corrected chi connectivity index (χ4v) is 2.86.